The Kier molecular flexibility index (Phi) is 6.07. The monoisotopic (exact) mass is 459 g/mol. The third kappa shape index (κ3) is 4.15. The molecule has 0 bridgehead atoms. The Bertz CT molecular complexity index is 1310. The summed E-state index contributed by atoms with van der Waals surface area (Å²) in [4.78, 5) is 24.7. The largest absolute Gasteiger partial charge is 0.492 e. The topological polar surface area (TPSA) is 111 Å². The molecule has 0 radical (unpaired) electrons. The Morgan fingerprint density at radius 3 is 2.81 bits per heavy atom. The highest BCUT2D eigenvalue weighted by Crippen LogP contribution is 2.28. The first-order valence-corrected chi connectivity index (χ1v) is 11.9. The molecule has 0 saturated carbocycles. The number of para-hydroxylation sites is 2. The van der Waals surface area contributed by atoms with Crippen molar-refractivity contribution in [2.24, 2.45) is 13.0 Å². The Labute approximate surface area is 185 Å². The number of sulfonamides is 1. The van der Waals surface area contributed by atoms with E-state index in [1.165, 1.54) is 21.0 Å². The quantitative estimate of drug-likeness (QED) is 0.607. The first kappa shape index (κ1) is 22.1. The van der Waals surface area contributed by atoms with E-state index in [1.54, 1.807) is 31.3 Å². The minimum absolute atomic E-state index is 0.0297. The molecule has 1 N–H and O–H groups in total. The summed E-state index contributed by atoms with van der Waals surface area (Å²) in [6.07, 6.45) is 1.15. The molecule has 1 aliphatic rings. The molecule has 170 valence electrons. The molecule has 1 aromatic heterocycles. The van der Waals surface area contributed by atoms with Gasteiger partial charge in [0.15, 0.2) is 5.58 Å². The molecule has 4 rings (SSSR count). The zero-order valence-corrected chi connectivity index (χ0v) is 18.7. The van der Waals surface area contributed by atoms with Crippen molar-refractivity contribution in [1.82, 2.24) is 8.87 Å². The lowest BCUT2D eigenvalue weighted by molar-refractivity contribution is -0.120. The van der Waals surface area contributed by atoms with E-state index >= 15 is 0 Å². The number of carbonyl (C=O) groups is 1. The van der Waals surface area contributed by atoms with E-state index in [1.807, 2.05) is 13.0 Å². The van der Waals surface area contributed by atoms with Crippen molar-refractivity contribution in [3.8, 4) is 5.75 Å². The van der Waals surface area contributed by atoms with Crippen molar-refractivity contribution in [1.29, 1.82) is 0 Å². The van der Waals surface area contributed by atoms with Crippen LogP contribution in [0.1, 0.15) is 19.8 Å². The lowest BCUT2D eigenvalue weighted by atomic mass is 9.98. The van der Waals surface area contributed by atoms with E-state index in [-0.39, 0.29) is 22.9 Å². The Hall–Kier alpha value is -3.11. The van der Waals surface area contributed by atoms with Crippen molar-refractivity contribution >= 4 is 32.7 Å². The predicted molar refractivity (Wildman–Crippen MR) is 119 cm³/mol. The van der Waals surface area contributed by atoms with E-state index in [4.69, 9.17) is 9.15 Å². The van der Waals surface area contributed by atoms with Crippen LogP contribution in [0.15, 0.2) is 56.6 Å². The summed E-state index contributed by atoms with van der Waals surface area (Å²) in [5.41, 5.74) is 1.28. The summed E-state index contributed by atoms with van der Waals surface area (Å²) >= 11 is 0. The first-order chi connectivity index (χ1) is 15.3. The fourth-order valence-electron chi connectivity index (χ4n) is 3.88. The maximum atomic E-state index is 13.2. The highest BCUT2D eigenvalue weighted by molar-refractivity contribution is 7.89. The van der Waals surface area contributed by atoms with E-state index in [9.17, 15) is 18.0 Å². The molecule has 9 nitrogen and oxygen atoms in total. The molecule has 1 fully saturated rings. The molecule has 1 amide bonds. The van der Waals surface area contributed by atoms with Crippen LogP contribution in [-0.2, 0) is 21.9 Å². The van der Waals surface area contributed by atoms with Gasteiger partial charge in [0.1, 0.15) is 5.75 Å². The second-order valence-electron chi connectivity index (χ2n) is 7.68. The molecule has 32 heavy (non-hydrogen) atoms. The number of aromatic nitrogens is 1. The maximum absolute atomic E-state index is 13.2. The number of hydrogen-bond donors (Lipinski definition) is 1. The third-order valence-electron chi connectivity index (χ3n) is 5.60. The van der Waals surface area contributed by atoms with Crippen molar-refractivity contribution in [2.75, 3.05) is 25.0 Å². The van der Waals surface area contributed by atoms with Crippen LogP contribution >= 0.6 is 0 Å². The number of aryl methyl sites for hydroxylation is 1. The summed E-state index contributed by atoms with van der Waals surface area (Å²) in [6.45, 7) is 2.72. The zero-order valence-electron chi connectivity index (χ0n) is 17.9. The Morgan fingerprint density at radius 2 is 2.03 bits per heavy atom. The number of nitrogens with zero attached hydrogens (tertiary/aromatic N) is 2. The number of hydrogen-bond acceptors (Lipinski definition) is 6. The van der Waals surface area contributed by atoms with Crippen LogP contribution in [0.25, 0.3) is 11.1 Å². The second kappa shape index (κ2) is 8.79. The van der Waals surface area contributed by atoms with E-state index in [2.05, 4.69) is 5.32 Å². The van der Waals surface area contributed by atoms with Gasteiger partial charge >= 0.3 is 5.76 Å². The van der Waals surface area contributed by atoms with Gasteiger partial charge < -0.3 is 14.5 Å². The average Bonchev–Trinajstić information content (AvgIpc) is 3.08. The fraction of sp³-hybridized carbons (Fsp3) is 0.364. The highest BCUT2D eigenvalue weighted by atomic mass is 32.2. The summed E-state index contributed by atoms with van der Waals surface area (Å²) in [6, 6.07) is 11.5. The minimum Gasteiger partial charge on any atom is -0.492 e. The van der Waals surface area contributed by atoms with Gasteiger partial charge in [0.2, 0.25) is 15.9 Å². The van der Waals surface area contributed by atoms with Gasteiger partial charge in [-0.2, -0.15) is 4.31 Å². The molecule has 0 unspecified atom stereocenters. The number of rotatable bonds is 6. The summed E-state index contributed by atoms with van der Waals surface area (Å²) in [5.74, 6) is -0.731. The Morgan fingerprint density at radius 1 is 1.25 bits per heavy atom. The molecule has 1 saturated heterocycles. The number of oxazole rings is 1. The van der Waals surface area contributed by atoms with Crippen LogP contribution in [0.3, 0.4) is 0 Å². The lowest BCUT2D eigenvalue weighted by Gasteiger charge is -2.31. The molecule has 0 aliphatic carbocycles. The second-order valence-corrected chi connectivity index (χ2v) is 9.62. The number of piperidine rings is 1. The number of nitrogens with one attached hydrogen (secondary N) is 1. The molecule has 2 aromatic carbocycles. The van der Waals surface area contributed by atoms with Gasteiger partial charge in [0.25, 0.3) is 0 Å². The summed E-state index contributed by atoms with van der Waals surface area (Å²) < 4.78 is 39.8. The first-order valence-electron chi connectivity index (χ1n) is 10.4. The average molecular weight is 460 g/mol. The van der Waals surface area contributed by atoms with Gasteiger partial charge in [-0.1, -0.05) is 12.1 Å². The number of fused-ring (bicyclic) bond motifs is 1. The summed E-state index contributed by atoms with van der Waals surface area (Å²) in [5, 5.41) is 2.87. The summed E-state index contributed by atoms with van der Waals surface area (Å²) in [7, 11) is -2.30. The van der Waals surface area contributed by atoms with Gasteiger partial charge in [-0.25, -0.2) is 13.2 Å². The van der Waals surface area contributed by atoms with Crippen LogP contribution < -0.4 is 15.8 Å². The molecule has 2 heterocycles. The molecule has 0 spiro atoms. The minimum atomic E-state index is -3.86. The Balaban J connectivity index is 1.53. The SMILES string of the molecule is CCOc1ccccc1NC(=O)[C@H]1CCCN(S(=O)(=O)c2ccc3c(c2)oc(=O)n3C)C1. The standard InChI is InChI=1S/C22H25N3O6S/c1-3-30-19-9-5-4-8-17(19)23-21(26)15-7-6-12-25(14-15)32(28,29)16-10-11-18-20(13-16)31-22(27)24(18)2/h4-5,8-11,13,15H,3,6-7,12,14H2,1-2H3,(H,23,26)/t15-/m0/s1. The van der Waals surface area contributed by atoms with Crippen molar-refractivity contribution < 1.29 is 22.4 Å². The molecule has 1 atom stereocenters. The van der Waals surface area contributed by atoms with E-state index in [0.29, 0.717) is 42.9 Å². The third-order valence-corrected chi connectivity index (χ3v) is 7.46. The van der Waals surface area contributed by atoms with E-state index in [0.717, 1.165) is 0 Å². The number of amides is 1. The number of ether oxygens (including phenoxy) is 1. The zero-order chi connectivity index (χ0) is 22.9. The van der Waals surface area contributed by atoms with Gasteiger partial charge in [0, 0.05) is 26.2 Å². The van der Waals surface area contributed by atoms with Gasteiger partial charge in [-0.05, 0) is 44.0 Å². The maximum Gasteiger partial charge on any atom is 0.419 e. The van der Waals surface area contributed by atoms with Crippen molar-refractivity contribution in [3.63, 3.8) is 0 Å². The predicted octanol–water partition coefficient (Wildman–Crippen LogP) is 2.57. The molecular weight excluding hydrogens is 434 g/mol. The molecule has 1 aliphatic heterocycles. The van der Waals surface area contributed by atoms with Crippen molar-refractivity contribution in [3.05, 3.63) is 53.0 Å². The fourth-order valence-corrected chi connectivity index (χ4v) is 5.42. The number of benzene rings is 2. The number of anilines is 1. The molecule has 3 aromatic rings. The van der Waals surface area contributed by atoms with Crippen LogP contribution in [0, 0.1) is 5.92 Å². The van der Waals surface area contributed by atoms with Crippen LogP contribution in [0.4, 0.5) is 5.69 Å². The lowest BCUT2D eigenvalue weighted by Crippen LogP contribution is -2.43. The van der Waals surface area contributed by atoms with Gasteiger partial charge in [-0.15, -0.1) is 0 Å². The highest BCUT2D eigenvalue weighted by Gasteiger charge is 2.34. The smallest absolute Gasteiger partial charge is 0.419 e. The molecular formula is C22H25N3O6S. The number of carbonyl (C=O) groups excluding carboxylic acids is 1. The van der Waals surface area contributed by atoms with Crippen molar-refractivity contribution in [2.45, 2.75) is 24.7 Å². The van der Waals surface area contributed by atoms with Crippen LogP contribution in [0.5, 0.6) is 5.75 Å². The van der Waals surface area contributed by atoms with Gasteiger partial charge in [-0.3, -0.25) is 9.36 Å². The van der Waals surface area contributed by atoms with Crippen LogP contribution in [0.2, 0.25) is 0 Å². The van der Waals surface area contributed by atoms with Crippen LogP contribution in [-0.4, -0.2) is 42.9 Å². The molecule has 10 heteroatoms. The van der Waals surface area contributed by atoms with E-state index < -0.39 is 21.7 Å². The van der Waals surface area contributed by atoms with Gasteiger partial charge in [0.05, 0.1) is 28.6 Å². The normalized spacial score (nSPS) is 17.4.